The van der Waals surface area contributed by atoms with E-state index < -0.39 is 0 Å². The van der Waals surface area contributed by atoms with Gasteiger partial charge in [0, 0.05) is 11.8 Å². The zero-order valence-electron chi connectivity index (χ0n) is 8.84. The summed E-state index contributed by atoms with van der Waals surface area (Å²) in [7, 11) is 0. The number of nitrogens with one attached hydrogen (secondary N) is 1. The molecule has 76 valence electrons. The number of fused-ring (bicyclic) bond motifs is 1. The smallest absolute Gasteiger partial charge is 0.0294 e. The molecular weight excluding hydrogens is 190 g/mol. The topological polar surface area (TPSA) is 12.0 Å². The number of benzene rings is 1. The lowest BCUT2D eigenvalue weighted by Crippen LogP contribution is -2.27. The van der Waals surface area contributed by atoms with Gasteiger partial charge in [0.15, 0.2) is 0 Å². The number of hydrogen-bond acceptors (Lipinski definition) is 2. The van der Waals surface area contributed by atoms with Crippen LogP contribution in [0.25, 0.3) is 0 Å². The summed E-state index contributed by atoms with van der Waals surface area (Å²) < 4.78 is 0. The Kier molecular flexibility index (Phi) is 3.14. The van der Waals surface area contributed by atoms with Crippen LogP contribution in [0, 0.1) is 0 Å². The van der Waals surface area contributed by atoms with E-state index in [0.717, 1.165) is 12.3 Å². The lowest BCUT2D eigenvalue weighted by molar-refractivity contribution is 0.540. The van der Waals surface area contributed by atoms with E-state index in [0.29, 0.717) is 6.04 Å². The maximum atomic E-state index is 3.50. The SMILES string of the molecule is CSCc1ccc2c(c1)C(C)NCC2. The first kappa shape index (κ1) is 10.1. The normalized spacial score (nSPS) is 20.6. The molecule has 1 aliphatic rings. The highest BCUT2D eigenvalue weighted by molar-refractivity contribution is 7.97. The van der Waals surface area contributed by atoms with Crippen molar-refractivity contribution < 1.29 is 0 Å². The molecule has 0 fully saturated rings. The molecule has 1 aromatic rings. The Labute approximate surface area is 90.3 Å². The van der Waals surface area contributed by atoms with Gasteiger partial charge >= 0.3 is 0 Å². The third kappa shape index (κ3) is 1.96. The fourth-order valence-electron chi connectivity index (χ4n) is 2.06. The number of rotatable bonds is 2. The van der Waals surface area contributed by atoms with E-state index in [1.54, 1.807) is 0 Å². The summed E-state index contributed by atoms with van der Waals surface area (Å²) in [4.78, 5) is 0. The van der Waals surface area contributed by atoms with Gasteiger partial charge in [-0.3, -0.25) is 0 Å². The largest absolute Gasteiger partial charge is 0.310 e. The van der Waals surface area contributed by atoms with Crippen molar-refractivity contribution in [1.82, 2.24) is 5.32 Å². The minimum atomic E-state index is 0.528. The van der Waals surface area contributed by atoms with Gasteiger partial charge in [0.1, 0.15) is 0 Å². The van der Waals surface area contributed by atoms with E-state index in [-0.39, 0.29) is 0 Å². The van der Waals surface area contributed by atoms with E-state index in [9.17, 15) is 0 Å². The first-order chi connectivity index (χ1) is 6.81. The molecule has 0 saturated heterocycles. The minimum Gasteiger partial charge on any atom is -0.310 e. The Morgan fingerprint density at radius 3 is 3.14 bits per heavy atom. The average molecular weight is 207 g/mol. The lowest BCUT2D eigenvalue weighted by Gasteiger charge is -2.24. The average Bonchev–Trinajstić information content (AvgIpc) is 2.20. The van der Waals surface area contributed by atoms with Gasteiger partial charge in [0.05, 0.1) is 0 Å². The molecule has 1 nitrogen and oxygen atoms in total. The van der Waals surface area contributed by atoms with Gasteiger partial charge in [-0.1, -0.05) is 18.2 Å². The molecule has 1 aliphatic heterocycles. The van der Waals surface area contributed by atoms with Gasteiger partial charge in [-0.05, 0) is 42.8 Å². The van der Waals surface area contributed by atoms with Crippen molar-refractivity contribution in [1.29, 1.82) is 0 Å². The fourth-order valence-corrected chi connectivity index (χ4v) is 2.58. The van der Waals surface area contributed by atoms with E-state index in [4.69, 9.17) is 0 Å². The van der Waals surface area contributed by atoms with Crippen LogP contribution in [0.3, 0.4) is 0 Å². The number of thioether (sulfide) groups is 1. The fraction of sp³-hybridized carbons (Fsp3) is 0.500. The third-order valence-electron chi connectivity index (χ3n) is 2.83. The van der Waals surface area contributed by atoms with Crippen molar-refractivity contribution in [2.45, 2.75) is 25.1 Å². The molecule has 0 radical (unpaired) electrons. The van der Waals surface area contributed by atoms with Crippen LogP contribution in [0.4, 0.5) is 0 Å². The number of hydrogen-bond donors (Lipinski definition) is 1. The van der Waals surface area contributed by atoms with E-state index in [1.807, 2.05) is 11.8 Å². The Hall–Kier alpha value is -0.470. The Balaban J connectivity index is 2.31. The zero-order chi connectivity index (χ0) is 9.97. The Bertz CT molecular complexity index is 322. The molecule has 0 spiro atoms. The molecule has 1 aromatic carbocycles. The maximum absolute atomic E-state index is 3.50. The summed E-state index contributed by atoms with van der Waals surface area (Å²) in [5, 5.41) is 3.50. The second-order valence-corrected chi connectivity index (χ2v) is 4.76. The van der Waals surface area contributed by atoms with Gasteiger partial charge in [0.2, 0.25) is 0 Å². The summed E-state index contributed by atoms with van der Waals surface area (Å²) in [6, 6.07) is 7.47. The maximum Gasteiger partial charge on any atom is 0.0294 e. The van der Waals surface area contributed by atoms with Crippen LogP contribution < -0.4 is 5.32 Å². The quantitative estimate of drug-likeness (QED) is 0.800. The standard InChI is InChI=1S/C12H17NS/c1-9-12-7-10(8-14-2)3-4-11(12)5-6-13-9/h3-4,7,9,13H,5-6,8H2,1-2H3. The van der Waals surface area contributed by atoms with E-state index in [2.05, 4.69) is 36.7 Å². The molecule has 0 aliphatic carbocycles. The molecule has 1 unspecified atom stereocenters. The van der Waals surface area contributed by atoms with Crippen LogP contribution in [-0.2, 0) is 12.2 Å². The molecule has 0 saturated carbocycles. The van der Waals surface area contributed by atoms with Gasteiger partial charge in [-0.25, -0.2) is 0 Å². The molecule has 0 aromatic heterocycles. The van der Waals surface area contributed by atoms with Gasteiger partial charge in [0.25, 0.3) is 0 Å². The van der Waals surface area contributed by atoms with Crippen molar-refractivity contribution in [3.8, 4) is 0 Å². The van der Waals surface area contributed by atoms with E-state index in [1.165, 1.54) is 23.1 Å². The first-order valence-electron chi connectivity index (χ1n) is 5.15. The summed E-state index contributed by atoms with van der Waals surface area (Å²) in [5.74, 6) is 1.12. The summed E-state index contributed by atoms with van der Waals surface area (Å²) in [6.45, 7) is 3.37. The predicted molar refractivity (Wildman–Crippen MR) is 63.8 cm³/mol. The van der Waals surface area contributed by atoms with Crippen LogP contribution in [0.1, 0.15) is 29.7 Å². The van der Waals surface area contributed by atoms with Gasteiger partial charge < -0.3 is 5.32 Å². The molecule has 2 rings (SSSR count). The van der Waals surface area contributed by atoms with Crippen molar-refractivity contribution >= 4 is 11.8 Å². The van der Waals surface area contributed by atoms with E-state index >= 15 is 0 Å². The zero-order valence-corrected chi connectivity index (χ0v) is 9.66. The van der Waals surface area contributed by atoms with Crippen LogP contribution in [0.2, 0.25) is 0 Å². The van der Waals surface area contributed by atoms with Crippen molar-refractivity contribution in [2.24, 2.45) is 0 Å². The van der Waals surface area contributed by atoms with Crippen LogP contribution in [0.5, 0.6) is 0 Å². The van der Waals surface area contributed by atoms with Gasteiger partial charge in [-0.2, -0.15) is 11.8 Å². The second kappa shape index (κ2) is 4.37. The third-order valence-corrected chi connectivity index (χ3v) is 3.45. The first-order valence-corrected chi connectivity index (χ1v) is 6.54. The minimum absolute atomic E-state index is 0.528. The van der Waals surface area contributed by atoms with Crippen LogP contribution in [0.15, 0.2) is 18.2 Å². The summed E-state index contributed by atoms with van der Waals surface area (Å²) >= 11 is 1.89. The summed E-state index contributed by atoms with van der Waals surface area (Å²) in [6.07, 6.45) is 3.33. The monoisotopic (exact) mass is 207 g/mol. The molecule has 1 N–H and O–H groups in total. The molecule has 0 bridgehead atoms. The highest BCUT2D eigenvalue weighted by atomic mass is 32.2. The summed E-state index contributed by atoms with van der Waals surface area (Å²) in [5.41, 5.74) is 4.48. The highest BCUT2D eigenvalue weighted by Gasteiger charge is 2.15. The van der Waals surface area contributed by atoms with Crippen LogP contribution >= 0.6 is 11.8 Å². The van der Waals surface area contributed by atoms with Crippen LogP contribution in [-0.4, -0.2) is 12.8 Å². The highest BCUT2D eigenvalue weighted by Crippen LogP contribution is 2.24. The molecule has 2 heteroatoms. The Morgan fingerprint density at radius 1 is 1.50 bits per heavy atom. The predicted octanol–water partition coefficient (Wildman–Crippen LogP) is 2.76. The Morgan fingerprint density at radius 2 is 2.36 bits per heavy atom. The second-order valence-electron chi connectivity index (χ2n) is 3.89. The molecule has 1 heterocycles. The molecule has 14 heavy (non-hydrogen) atoms. The molecule has 1 atom stereocenters. The van der Waals surface area contributed by atoms with Gasteiger partial charge in [-0.15, -0.1) is 0 Å². The van der Waals surface area contributed by atoms with Crippen molar-refractivity contribution in [3.05, 3.63) is 34.9 Å². The molecular formula is C12H17NS. The van der Waals surface area contributed by atoms with Crippen molar-refractivity contribution in [3.63, 3.8) is 0 Å². The lowest BCUT2D eigenvalue weighted by atomic mass is 9.94. The molecule has 0 amide bonds. The van der Waals surface area contributed by atoms with Crippen molar-refractivity contribution in [2.75, 3.05) is 12.8 Å².